The van der Waals surface area contributed by atoms with Crippen molar-refractivity contribution in [2.75, 3.05) is 20.2 Å². The first-order chi connectivity index (χ1) is 14.7. The van der Waals surface area contributed by atoms with Gasteiger partial charge in [-0.25, -0.2) is 9.69 Å². The molecule has 1 fully saturated rings. The Bertz CT molecular complexity index is 1060. The maximum absolute atomic E-state index is 13.6. The molecule has 8 heteroatoms. The van der Waals surface area contributed by atoms with E-state index in [1.54, 1.807) is 25.9 Å². The van der Waals surface area contributed by atoms with E-state index < -0.39 is 17.6 Å². The van der Waals surface area contributed by atoms with Crippen molar-refractivity contribution in [3.05, 3.63) is 29.5 Å². The number of ether oxygens (including phenoxy) is 1. The number of hydrogen-bond acceptors (Lipinski definition) is 4. The molecular formula is C23H30N4O4. The van der Waals surface area contributed by atoms with Crippen LogP contribution in [0.2, 0.25) is 0 Å². The van der Waals surface area contributed by atoms with Crippen molar-refractivity contribution in [1.29, 1.82) is 0 Å². The van der Waals surface area contributed by atoms with Crippen LogP contribution in [-0.4, -0.2) is 58.9 Å². The first-order valence-electron chi connectivity index (χ1n) is 10.8. The molecule has 2 atom stereocenters. The van der Waals surface area contributed by atoms with Crippen LogP contribution in [0, 0.1) is 5.92 Å². The number of methoxy groups -OCH3 is 1. The number of nitrogens with zero attached hydrogens (tertiary/aromatic N) is 2. The van der Waals surface area contributed by atoms with E-state index in [4.69, 9.17) is 4.74 Å². The van der Waals surface area contributed by atoms with Crippen molar-refractivity contribution < 1.29 is 19.1 Å². The van der Waals surface area contributed by atoms with Crippen LogP contribution in [0.15, 0.2) is 18.2 Å². The second-order valence-electron chi connectivity index (χ2n) is 8.97. The first kappa shape index (κ1) is 21.2. The van der Waals surface area contributed by atoms with Gasteiger partial charge in [0.2, 0.25) is 5.91 Å². The Morgan fingerprint density at radius 2 is 2.03 bits per heavy atom. The Labute approximate surface area is 181 Å². The summed E-state index contributed by atoms with van der Waals surface area (Å²) in [6, 6.07) is 4.45. The van der Waals surface area contributed by atoms with Crippen LogP contribution in [0.4, 0.5) is 4.79 Å². The molecule has 0 radical (unpaired) electrons. The summed E-state index contributed by atoms with van der Waals surface area (Å²) in [6.45, 7) is 8.47. The summed E-state index contributed by atoms with van der Waals surface area (Å²) in [5.41, 5.74) is 1.47. The number of aromatic amines is 1. The maximum atomic E-state index is 13.6. The standard InChI is InChI=1S/C23H30N4O4/c1-13(2)8-10-24-20(28)14(3)27-21(29)23(4)19-16(9-11-26(23)22(27)30)17-12-15(31-5)6-7-18(17)25-19/h6-7,12-14,25H,8-11H2,1-5H3,(H,24,28). The monoisotopic (exact) mass is 426 g/mol. The minimum atomic E-state index is -1.16. The number of H-pyrrole nitrogens is 1. The molecule has 2 N–H and O–H groups in total. The Hall–Kier alpha value is -3.03. The van der Waals surface area contributed by atoms with E-state index in [1.807, 2.05) is 18.2 Å². The third kappa shape index (κ3) is 3.16. The molecule has 8 nitrogen and oxygen atoms in total. The zero-order valence-corrected chi connectivity index (χ0v) is 18.7. The molecule has 4 rings (SSSR count). The van der Waals surface area contributed by atoms with Crippen LogP contribution in [0.1, 0.15) is 45.4 Å². The second-order valence-corrected chi connectivity index (χ2v) is 8.97. The highest BCUT2D eigenvalue weighted by Crippen LogP contribution is 2.45. The topological polar surface area (TPSA) is 94.7 Å². The minimum Gasteiger partial charge on any atom is -0.497 e. The second kappa shape index (κ2) is 7.59. The highest BCUT2D eigenvalue weighted by Gasteiger charge is 2.60. The number of benzene rings is 1. The Morgan fingerprint density at radius 3 is 2.71 bits per heavy atom. The highest BCUT2D eigenvalue weighted by atomic mass is 16.5. The van der Waals surface area contributed by atoms with Crippen molar-refractivity contribution >= 4 is 28.7 Å². The number of carbonyl (C=O) groups is 3. The van der Waals surface area contributed by atoms with Crippen molar-refractivity contribution in [2.24, 2.45) is 5.92 Å². The van der Waals surface area contributed by atoms with Gasteiger partial charge in [0.05, 0.1) is 12.8 Å². The van der Waals surface area contributed by atoms with E-state index in [0.717, 1.165) is 39.2 Å². The minimum absolute atomic E-state index is 0.313. The summed E-state index contributed by atoms with van der Waals surface area (Å²) in [4.78, 5) is 45.6. The van der Waals surface area contributed by atoms with Crippen molar-refractivity contribution in [2.45, 2.75) is 52.1 Å². The van der Waals surface area contributed by atoms with Crippen LogP contribution >= 0.6 is 0 Å². The number of rotatable bonds is 6. The number of amides is 4. The molecule has 166 valence electrons. The summed E-state index contributed by atoms with van der Waals surface area (Å²) in [7, 11) is 1.62. The van der Waals surface area contributed by atoms with Crippen LogP contribution in [0.5, 0.6) is 5.75 Å². The zero-order valence-electron chi connectivity index (χ0n) is 18.7. The molecular weight excluding hydrogens is 396 g/mol. The molecule has 1 saturated heterocycles. The van der Waals surface area contributed by atoms with Gasteiger partial charge in [0.1, 0.15) is 11.8 Å². The third-order valence-electron chi connectivity index (χ3n) is 6.59. The lowest BCUT2D eigenvalue weighted by molar-refractivity contribution is -0.139. The lowest BCUT2D eigenvalue weighted by Gasteiger charge is -2.36. The fourth-order valence-corrected chi connectivity index (χ4v) is 4.66. The average Bonchev–Trinajstić information content (AvgIpc) is 3.20. The number of carbonyl (C=O) groups excluding carboxylic acids is 3. The van der Waals surface area contributed by atoms with Crippen molar-refractivity contribution in [3.8, 4) is 5.75 Å². The van der Waals surface area contributed by atoms with E-state index in [1.165, 1.54) is 0 Å². The van der Waals surface area contributed by atoms with Gasteiger partial charge in [0.25, 0.3) is 5.91 Å². The van der Waals surface area contributed by atoms with Crippen molar-refractivity contribution in [1.82, 2.24) is 20.1 Å². The number of nitrogens with one attached hydrogen (secondary N) is 2. The quantitative estimate of drug-likeness (QED) is 0.695. The van der Waals surface area contributed by atoms with Gasteiger partial charge in [-0.3, -0.25) is 9.59 Å². The summed E-state index contributed by atoms with van der Waals surface area (Å²) < 4.78 is 5.36. The molecule has 31 heavy (non-hydrogen) atoms. The van der Waals surface area contributed by atoms with Crippen LogP contribution in [0.3, 0.4) is 0 Å². The SMILES string of the molecule is COc1ccc2[nH]c3c(c2c1)CCN1C(=O)N(C(C)C(=O)NCCC(C)C)C(=O)C31C. The smallest absolute Gasteiger partial charge is 0.328 e. The number of imide groups is 1. The summed E-state index contributed by atoms with van der Waals surface area (Å²) in [6.07, 6.45) is 1.46. The van der Waals surface area contributed by atoms with Gasteiger partial charge in [-0.15, -0.1) is 0 Å². The summed E-state index contributed by atoms with van der Waals surface area (Å²) >= 11 is 0. The van der Waals surface area contributed by atoms with Gasteiger partial charge in [0.15, 0.2) is 5.54 Å². The van der Waals surface area contributed by atoms with E-state index in [0.29, 0.717) is 25.4 Å². The molecule has 0 saturated carbocycles. The van der Waals surface area contributed by atoms with E-state index >= 15 is 0 Å². The maximum Gasteiger partial charge on any atom is 0.328 e. The molecule has 2 unspecified atom stereocenters. The summed E-state index contributed by atoms with van der Waals surface area (Å²) in [5.74, 6) is 0.512. The van der Waals surface area contributed by atoms with Crippen LogP contribution < -0.4 is 10.1 Å². The summed E-state index contributed by atoms with van der Waals surface area (Å²) in [5, 5.41) is 3.85. The highest BCUT2D eigenvalue weighted by molar-refractivity contribution is 6.11. The number of hydrogen-bond donors (Lipinski definition) is 2. The first-order valence-corrected chi connectivity index (χ1v) is 10.8. The Morgan fingerprint density at radius 1 is 1.29 bits per heavy atom. The molecule has 2 aliphatic rings. The number of fused-ring (bicyclic) bond motifs is 5. The largest absolute Gasteiger partial charge is 0.497 e. The average molecular weight is 427 g/mol. The van der Waals surface area contributed by atoms with E-state index in [2.05, 4.69) is 24.1 Å². The Kier molecular flexibility index (Phi) is 5.19. The Balaban J connectivity index is 1.67. The fraction of sp³-hybridized carbons (Fsp3) is 0.522. The molecule has 1 aromatic carbocycles. The predicted molar refractivity (Wildman–Crippen MR) is 117 cm³/mol. The molecule has 3 heterocycles. The van der Waals surface area contributed by atoms with Gasteiger partial charge >= 0.3 is 6.03 Å². The third-order valence-corrected chi connectivity index (χ3v) is 6.59. The molecule has 4 amide bonds. The lowest BCUT2D eigenvalue weighted by Crippen LogP contribution is -2.50. The molecule has 0 bridgehead atoms. The molecule has 1 aromatic heterocycles. The van der Waals surface area contributed by atoms with Crippen LogP contribution in [-0.2, 0) is 21.5 Å². The normalized spacial score (nSPS) is 21.5. The van der Waals surface area contributed by atoms with Gasteiger partial charge in [-0.05, 0) is 56.4 Å². The predicted octanol–water partition coefficient (Wildman–Crippen LogP) is 2.76. The zero-order chi connectivity index (χ0) is 22.5. The van der Waals surface area contributed by atoms with Gasteiger partial charge in [-0.1, -0.05) is 13.8 Å². The van der Waals surface area contributed by atoms with E-state index in [-0.39, 0.29) is 11.8 Å². The van der Waals surface area contributed by atoms with Gasteiger partial charge < -0.3 is 19.9 Å². The number of aromatic nitrogens is 1. The molecule has 2 aromatic rings. The molecule has 0 spiro atoms. The van der Waals surface area contributed by atoms with Gasteiger partial charge in [0, 0.05) is 24.0 Å². The van der Waals surface area contributed by atoms with Crippen molar-refractivity contribution in [3.63, 3.8) is 0 Å². The van der Waals surface area contributed by atoms with E-state index in [9.17, 15) is 14.4 Å². The lowest BCUT2D eigenvalue weighted by atomic mass is 9.87. The molecule has 0 aliphatic carbocycles. The van der Waals surface area contributed by atoms with Gasteiger partial charge in [-0.2, -0.15) is 0 Å². The molecule has 2 aliphatic heterocycles. The number of urea groups is 1. The fourth-order valence-electron chi connectivity index (χ4n) is 4.66. The van der Waals surface area contributed by atoms with Crippen LogP contribution in [0.25, 0.3) is 10.9 Å².